The van der Waals surface area contributed by atoms with E-state index in [4.69, 9.17) is 9.47 Å². The number of hydrogen-bond donors (Lipinski definition) is 1. The Morgan fingerprint density at radius 2 is 1.60 bits per heavy atom. The van der Waals surface area contributed by atoms with Crippen LogP contribution in [0, 0.1) is 52.3 Å². The van der Waals surface area contributed by atoms with Crippen LogP contribution in [0.1, 0.15) is 111 Å². The van der Waals surface area contributed by atoms with E-state index in [0.29, 0.717) is 53.2 Å². The standard InChI is InChI=1S/C41H67FN4O4/c1-27-7-14-41(49-26-27)28(2)38-35(50-41)24-34-32-6-5-29-23-30(8-12-39(29,3)33(32)9-13-40(34,38)4)43-36(47)25-37(48)46-16-10-31(11-17-46)45-21-19-44(18-15-42)20-22-45/h27-35,38H,5-26H2,1-4H3,(H,43,47)/t27-,28-,29+,30+,32+,33?,34-,35-,38-,39-,40-,41+/m0/s1. The highest BCUT2D eigenvalue weighted by Crippen LogP contribution is 2.71. The van der Waals surface area contributed by atoms with Crippen molar-refractivity contribution in [3.63, 3.8) is 0 Å². The topological polar surface area (TPSA) is 74.3 Å². The Balaban J connectivity index is 0.812. The van der Waals surface area contributed by atoms with E-state index in [1.54, 1.807) is 0 Å². The van der Waals surface area contributed by atoms with E-state index in [9.17, 15) is 14.0 Å². The van der Waals surface area contributed by atoms with Crippen molar-refractivity contribution < 1.29 is 23.5 Å². The Morgan fingerprint density at radius 1 is 0.840 bits per heavy atom. The van der Waals surface area contributed by atoms with Crippen LogP contribution in [0.3, 0.4) is 0 Å². The third-order valence-electron chi connectivity index (χ3n) is 16.8. The molecule has 50 heavy (non-hydrogen) atoms. The highest BCUT2D eigenvalue weighted by atomic mass is 19.1. The first-order valence-corrected chi connectivity index (χ1v) is 20.9. The summed E-state index contributed by atoms with van der Waals surface area (Å²) in [6, 6.07) is 0.678. The number of carbonyl (C=O) groups is 2. The number of hydrogen-bond acceptors (Lipinski definition) is 6. The van der Waals surface area contributed by atoms with Gasteiger partial charge in [-0.05, 0) is 117 Å². The van der Waals surface area contributed by atoms with Crippen LogP contribution < -0.4 is 5.32 Å². The van der Waals surface area contributed by atoms with Crippen molar-refractivity contribution in [1.82, 2.24) is 20.0 Å². The highest BCUT2D eigenvalue weighted by Gasteiger charge is 2.69. The summed E-state index contributed by atoms with van der Waals surface area (Å²) >= 11 is 0. The predicted molar refractivity (Wildman–Crippen MR) is 192 cm³/mol. The van der Waals surface area contributed by atoms with Crippen LogP contribution in [0.4, 0.5) is 4.39 Å². The maximum absolute atomic E-state index is 13.2. The Kier molecular flexibility index (Phi) is 9.89. The fourth-order valence-electron chi connectivity index (χ4n) is 13.9. The second-order valence-electron chi connectivity index (χ2n) is 19.1. The molecule has 8 fully saturated rings. The van der Waals surface area contributed by atoms with Gasteiger partial charge in [0.15, 0.2) is 5.79 Å². The van der Waals surface area contributed by atoms with E-state index in [-0.39, 0.29) is 36.7 Å². The number of rotatable bonds is 6. The minimum absolute atomic E-state index is 0.0183. The molecular weight excluding hydrogens is 631 g/mol. The molecule has 8 rings (SSSR count). The number of ether oxygens (including phenoxy) is 2. The Morgan fingerprint density at radius 3 is 2.32 bits per heavy atom. The van der Waals surface area contributed by atoms with Crippen LogP contribution in [-0.4, -0.2) is 110 Å². The summed E-state index contributed by atoms with van der Waals surface area (Å²) in [4.78, 5) is 33.0. The molecule has 4 heterocycles. The van der Waals surface area contributed by atoms with Crippen LogP contribution in [0.25, 0.3) is 0 Å². The lowest BCUT2D eigenvalue weighted by molar-refractivity contribution is -0.273. The van der Waals surface area contributed by atoms with Gasteiger partial charge in [-0.3, -0.25) is 19.4 Å². The first-order valence-electron chi connectivity index (χ1n) is 20.9. The number of piperazine rings is 1. The van der Waals surface area contributed by atoms with Crippen molar-refractivity contribution in [2.75, 3.05) is 59.1 Å². The third-order valence-corrected chi connectivity index (χ3v) is 16.8. The molecule has 4 saturated heterocycles. The Hall–Kier alpha value is -1.29. The summed E-state index contributed by atoms with van der Waals surface area (Å²) in [5.74, 6) is 4.25. The molecule has 4 aliphatic heterocycles. The molecule has 9 heteroatoms. The molecular formula is C41H67FN4O4. The van der Waals surface area contributed by atoms with Crippen LogP contribution in [-0.2, 0) is 19.1 Å². The number of alkyl halides is 1. The monoisotopic (exact) mass is 699 g/mol. The zero-order valence-corrected chi connectivity index (χ0v) is 31.7. The molecule has 2 amide bonds. The number of nitrogens with zero attached hydrogens (tertiary/aromatic N) is 3. The molecule has 0 aromatic heterocycles. The Bertz CT molecular complexity index is 1240. The van der Waals surface area contributed by atoms with E-state index in [0.717, 1.165) is 95.7 Å². The summed E-state index contributed by atoms with van der Waals surface area (Å²) < 4.78 is 26.3. The third kappa shape index (κ3) is 6.18. The van der Waals surface area contributed by atoms with Crippen LogP contribution in [0.5, 0.6) is 0 Å². The molecule has 4 aliphatic carbocycles. The number of amides is 2. The van der Waals surface area contributed by atoms with Gasteiger partial charge < -0.3 is 19.7 Å². The first-order chi connectivity index (χ1) is 24.0. The zero-order valence-electron chi connectivity index (χ0n) is 31.7. The average Bonchev–Trinajstić information content (AvgIpc) is 3.56. The van der Waals surface area contributed by atoms with Gasteiger partial charge >= 0.3 is 0 Å². The molecule has 1 N–H and O–H groups in total. The summed E-state index contributed by atoms with van der Waals surface area (Å²) in [6.07, 6.45) is 14.3. The van der Waals surface area contributed by atoms with E-state index in [1.165, 1.54) is 44.9 Å². The molecule has 0 aromatic rings. The van der Waals surface area contributed by atoms with Crippen molar-refractivity contribution in [2.45, 2.75) is 135 Å². The maximum atomic E-state index is 13.2. The second kappa shape index (κ2) is 13.8. The van der Waals surface area contributed by atoms with Gasteiger partial charge in [-0.2, -0.15) is 0 Å². The fraction of sp³-hybridized carbons (Fsp3) is 0.951. The first kappa shape index (κ1) is 35.7. The fourth-order valence-corrected chi connectivity index (χ4v) is 13.9. The van der Waals surface area contributed by atoms with Crippen molar-refractivity contribution in [3.8, 4) is 0 Å². The molecule has 1 unspecified atom stereocenters. The SMILES string of the molecule is C[C@H]1CC[C@@]2(OC1)O[C@H]1C[C@H]3[C@@H]4CC[C@@H]5C[C@H](NC(=O)CC(=O)N6CCC(N7CCN(CCF)CC7)CC6)CC[C@]5(C)C4CC[C@]3(C)[C@H]1[C@@H]2C. The predicted octanol–water partition coefficient (Wildman–Crippen LogP) is 5.89. The van der Waals surface area contributed by atoms with Gasteiger partial charge in [-0.15, -0.1) is 0 Å². The number of nitrogens with one attached hydrogen (secondary N) is 1. The van der Waals surface area contributed by atoms with Gasteiger partial charge in [0.1, 0.15) is 13.1 Å². The smallest absolute Gasteiger partial charge is 0.232 e. The number of halogens is 1. The molecule has 282 valence electrons. The van der Waals surface area contributed by atoms with E-state index in [2.05, 4.69) is 42.8 Å². The minimum Gasteiger partial charge on any atom is -0.353 e. The van der Waals surface area contributed by atoms with Crippen molar-refractivity contribution in [3.05, 3.63) is 0 Å². The lowest BCUT2D eigenvalue weighted by atomic mass is 9.44. The molecule has 8 nitrogen and oxygen atoms in total. The van der Waals surface area contributed by atoms with E-state index < -0.39 is 0 Å². The molecule has 0 radical (unpaired) electrons. The van der Waals surface area contributed by atoms with E-state index in [1.807, 2.05) is 4.90 Å². The van der Waals surface area contributed by atoms with Crippen LogP contribution >= 0.6 is 0 Å². The summed E-state index contributed by atoms with van der Waals surface area (Å²) in [5, 5.41) is 3.34. The highest BCUT2D eigenvalue weighted by molar-refractivity contribution is 5.97. The van der Waals surface area contributed by atoms with Crippen molar-refractivity contribution >= 4 is 11.8 Å². The number of piperidine rings is 1. The minimum atomic E-state index is -0.338. The summed E-state index contributed by atoms with van der Waals surface area (Å²) in [7, 11) is 0. The molecule has 8 aliphatic rings. The van der Waals surface area contributed by atoms with Gasteiger partial charge in [0.2, 0.25) is 11.8 Å². The lowest BCUT2D eigenvalue weighted by Crippen LogP contribution is -2.56. The van der Waals surface area contributed by atoms with Crippen molar-refractivity contribution in [1.29, 1.82) is 0 Å². The average molecular weight is 699 g/mol. The number of carbonyl (C=O) groups excluding carboxylic acids is 2. The van der Waals surface area contributed by atoms with Crippen molar-refractivity contribution in [2.24, 2.45) is 52.3 Å². The normalized spacial score (nSPS) is 47.0. The molecule has 4 saturated carbocycles. The second-order valence-corrected chi connectivity index (χ2v) is 19.1. The number of fused-ring (bicyclic) bond motifs is 7. The molecule has 0 aromatic carbocycles. The maximum Gasteiger partial charge on any atom is 0.232 e. The van der Waals surface area contributed by atoms with Gasteiger partial charge in [-0.1, -0.05) is 27.7 Å². The van der Waals surface area contributed by atoms with E-state index >= 15 is 0 Å². The quantitative estimate of drug-likeness (QED) is 0.349. The summed E-state index contributed by atoms with van der Waals surface area (Å²) in [6.45, 7) is 16.4. The summed E-state index contributed by atoms with van der Waals surface area (Å²) in [5.41, 5.74) is 0.698. The molecule has 0 bridgehead atoms. The van der Waals surface area contributed by atoms with Crippen LogP contribution in [0.2, 0.25) is 0 Å². The molecule has 12 atom stereocenters. The van der Waals surface area contributed by atoms with Gasteiger partial charge in [0.05, 0.1) is 12.7 Å². The lowest BCUT2D eigenvalue weighted by Gasteiger charge is -2.61. The Labute approximate surface area is 301 Å². The van der Waals surface area contributed by atoms with Gasteiger partial charge in [0.25, 0.3) is 0 Å². The van der Waals surface area contributed by atoms with Gasteiger partial charge in [-0.25, -0.2) is 4.39 Å². The van der Waals surface area contributed by atoms with Gasteiger partial charge in [0, 0.05) is 70.2 Å². The van der Waals surface area contributed by atoms with Crippen LogP contribution in [0.15, 0.2) is 0 Å². The zero-order chi connectivity index (χ0) is 34.8. The largest absolute Gasteiger partial charge is 0.353 e. The molecule has 1 spiro atoms. The number of likely N-dealkylation sites (tertiary alicyclic amines) is 1.